The van der Waals surface area contributed by atoms with Crippen LogP contribution in [0.25, 0.3) is 60.6 Å². The minimum Gasteiger partial charge on any atom is -0.398 e. The van der Waals surface area contributed by atoms with Crippen LogP contribution in [0.15, 0.2) is 163 Å². The second-order valence-corrected chi connectivity index (χ2v) is 11.5. The lowest BCUT2D eigenvalue weighted by Gasteiger charge is -2.19. The number of fused-ring (bicyclic) bond motifs is 2. The summed E-state index contributed by atoms with van der Waals surface area (Å²) in [6.45, 7) is 5.53. The van der Waals surface area contributed by atoms with E-state index in [-0.39, 0.29) is 0 Å². The Kier molecular flexibility index (Phi) is 8.92. The fraction of sp³-hybridized carbons (Fsp3) is 0.0455. The van der Waals surface area contributed by atoms with Crippen molar-refractivity contribution in [2.45, 2.75) is 13.3 Å². The Labute approximate surface area is 276 Å². The molecule has 224 valence electrons. The van der Waals surface area contributed by atoms with E-state index in [1.165, 1.54) is 5.56 Å². The number of hydrogen-bond acceptors (Lipinski definition) is 3. The normalized spacial score (nSPS) is 11.9. The van der Waals surface area contributed by atoms with Crippen LogP contribution in [0.1, 0.15) is 18.1 Å². The van der Waals surface area contributed by atoms with E-state index in [9.17, 15) is 5.26 Å². The number of rotatable bonds is 8. The van der Waals surface area contributed by atoms with Gasteiger partial charge in [-0.2, -0.15) is 10.5 Å². The van der Waals surface area contributed by atoms with Gasteiger partial charge in [-0.3, -0.25) is 0 Å². The molecule has 6 rings (SSSR count). The molecule has 0 spiro atoms. The molecule has 2 N–H and O–H groups in total. The molecule has 3 heteroatoms. The fourth-order valence-electron chi connectivity index (χ4n) is 6.04. The average Bonchev–Trinajstić information content (AvgIpc) is 3.12. The van der Waals surface area contributed by atoms with Gasteiger partial charge in [0.2, 0.25) is 0 Å². The molecule has 0 atom stereocenters. The molecule has 0 saturated heterocycles. The second kappa shape index (κ2) is 13.7. The van der Waals surface area contributed by atoms with Gasteiger partial charge >= 0.3 is 0 Å². The first-order valence-electron chi connectivity index (χ1n) is 15.5. The van der Waals surface area contributed by atoms with E-state index in [1.54, 1.807) is 25.2 Å². The molecule has 3 nitrogen and oxygen atoms in total. The topological polar surface area (TPSA) is 73.6 Å². The van der Waals surface area contributed by atoms with Crippen molar-refractivity contribution in [1.82, 2.24) is 0 Å². The molecule has 0 aliphatic carbocycles. The zero-order valence-electron chi connectivity index (χ0n) is 26.2. The lowest BCUT2D eigenvalue weighted by atomic mass is 9.84. The highest BCUT2D eigenvalue weighted by Gasteiger charge is 2.18. The fourth-order valence-corrected chi connectivity index (χ4v) is 6.04. The summed E-state index contributed by atoms with van der Waals surface area (Å²) in [5.41, 5.74) is 17.0. The Morgan fingerprint density at radius 3 is 2.00 bits per heavy atom. The predicted octanol–water partition coefficient (Wildman–Crippen LogP) is 10.9. The maximum Gasteiger partial charge on any atom is 0.0985 e. The van der Waals surface area contributed by atoms with Gasteiger partial charge in [0.1, 0.15) is 0 Å². The summed E-state index contributed by atoms with van der Waals surface area (Å²) >= 11 is 0. The van der Waals surface area contributed by atoms with Gasteiger partial charge in [0.15, 0.2) is 0 Å². The van der Waals surface area contributed by atoms with Crippen LogP contribution in [0.3, 0.4) is 0 Å². The number of nitrogens with zero attached hydrogens (tertiary/aromatic N) is 2. The van der Waals surface area contributed by atoms with Crippen molar-refractivity contribution in [2.24, 2.45) is 5.73 Å². The van der Waals surface area contributed by atoms with Gasteiger partial charge in [-0.15, -0.1) is 0 Å². The van der Waals surface area contributed by atoms with Gasteiger partial charge < -0.3 is 5.73 Å². The van der Waals surface area contributed by atoms with Gasteiger partial charge in [0.25, 0.3) is 0 Å². The highest BCUT2D eigenvalue weighted by Crippen LogP contribution is 2.45. The first kappa shape index (κ1) is 30.6. The highest BCUT2D eigenvalue weighted by molar-refractivity contribution is 6.22. The van der Waals surface area contributed by atoms with Gasteiger partial charge in [-0.05, 0) is 110 Å². The molecule has 0 saturated carbocycles. The van der Waals surface area contributed by atoms with Gasteiger partial charge in [-0.1, -0.05) is 122 Å². The number of benzene rings is 6. The van der Waals surface area contributed by atoms with Crippen LogP contribution in [-0.2, 0) is 6.42 Å². The smallest absolute Gasteiger partial charge is 0.0985 e. The van der Waals surface area contributed by atoms with E-state index in [2.05, 4.69) is 122 Å². The van der Waals surface area contributed by atoms with Crippen LogP contribution in [0.2, 0.25) is 0 Å². The monoisotopic (exact) mass is 603 g/mol. The molecule has 0 radical (unpaired) electrons. The molecule has 0 amide bonds. The summed E-state index contributed by atoms with van der Waals surface area (Å²) in [6.07, 6.45) is 8.00. The Bertz CT molecular complexity index is 2320. The van der Waals surface area contributed by atoms with Gasteiger partial charge in [0.05, 0.1) is 12.1 Å². The maximum absolute atomic E-state index is 9.19. The number of allylic oxidation sites excluding steroid dienone is 6. The molecule has 6 aromatic rings. The van der Waals surface area contributed by atoms with E-state index in [1.807, 2.05) is 24.3 Å². The number of nitriles is 2. The largest absolute Gasteiger partial charge is 0.398 e. The van der Waals surface area contributed by atoms with Crippen molar-refractivity contribution in [3.05, 3.63) is 174 Å². The molecule has 0 aliphatic rings. The van der Waals surface area contributed by atoms with Crippen molar-refractivity contribution < 1.29 is 0 Å². The van der Waals surface area contributed by atoms with E-state index in [0.29, 0.717) is 23.3 Å². The first-order chi connectivity index (χ1) is 23.0. The third kappa shape index (κ3) is 6.52. The van der Waals surface area contributed by atoms with Crippen molar-refractivity contribution >= 4 is 27.2 Å². The lowest BCUT2D eigenvalue weighted by Crippen LogP contribution is -1.97. The Balaban J connectivity index is 1.62. The van der Waals surface area contributed by atoms with E-state index >= 15 is 0 Å². The van der Waals surface area contributed by atoms with Crippen molar-refractivity contribution in [1.29, 1.82) is 10.5 Å². The Morgan fingerprint density at radius 2 is 1.28 bits per heavy atom. The van der Waals surface area contributed by atoms with Gasteiger partial charge in [0, 0.05) is 16.8 Å². The van der Waals surface area contributed by atoms with E-state index in [4.69, 9.17) is 11.0 Å². The SMILES string of the molecule is C=C(C#N)/C=C\Cc1cccc(-c2c3ccccc3c(-c3cccc(/C(N)=C/C=C(\C)C#N)c3)c3ccc(-c4ccccc4)cc23)c1. The molecule has 0 unspecified atom stereocenters. The molecule has 6 aromatic carbocycles. The number of nitrogens with two attached hydrogens (primary N) is 1. The molecule has 0 aromatic heterocycles. The minimum atomic E-state index is 0.442. The molecule has 0 fully saturated rings. The van der Waals surface area contributed by atoms with Crippen molar-refractivity contribution in [2.75, 3.05) is 0 Å². The summed E-state index contributed by atoms with van der Waals surface area (Å²) in [5.74, 6) is 0. The summed E-state index contributed by atoms with van der Waals surface area (Å²) < 4.78 is 0. The number of hydrogen-bond donors (Lipinski definition) is 1. The summed E-state index contributed by atoms with van der Waals surface area (Å²) in [6, 6.07) is 47.0. The molecule has 0 aliphatic heterocycles. The third-order valence-corrected chi connectivity index (χ3v) is 8.34. The molecular weight excluding hydrogens is 571 g/mol. The Morgan fingerprint density at radius 1 is 0.638 bits per heavy atom. The van der Waals surface area contributed by atoms with Crippen LogP contribution in [-0.4, -0.2) is 0 Å². The summed E-state index contributed by atoms with van der Waals surface area (Å²) in [7, 11) is 0. The summed E-state index contributed by atoms with van der Waals surface area (Å²) in [4.78, 5) is 0. The zero-order valence-corrected chi connectivity index (χ0v) is 26.2. The first-order valence-corrected chi connectivity index (χ1v) is 15.5. The van der Waals surface area contributed by atoms with Crippen molar-refractivity contribution in [3.8, 4) is 45.5 Å². The standard InChI is InChI=1S/C44H33N3/c1-30(28-45)11-8-12-32-13-9-17-36(25-32)44-39-20-7-6-19-38(39)43(37-18-10-16-35(26-37)42(47)24-21-31(2)29-46)40-23-22-34(27-41(40)44)33-14-4-3-5-15-33/h3-11,13-27H,1,12,47H2,2H3/b11-8-,31-21+,42-24-. The minimum absolute atomic E-state index is 0.442. The van der Waals surface area contributed by atoms with Crippen LogP contribution in [0.4, 0.5) is 0 Å². The zero-order chi connectivity index (χ0) is 32.8. The van der Waals surface area contributed by atoms with Crippen molar-refractivity contribution in [3.63, 3.8) is 0 Å². The third-order valence-electron chi connectivity index (χ3n) is 8.34. The van der Waals surface area contributed by atoms with Crippen LogP contribution in [0.5, 0.6) is 0 Å². The quantitative estimate of drug-likeness (QED) is 0.107. The maximum atomic E-state index is 9.19. The predicted molar refractivity (Wildman–Crippen MR) is 197 cm³/mol. The molecule has 47 heavy (non-hydrogen) atoms. The van der Waals surface area contributed by atoms with E-state index < -0.39 is 0 Å². The van der Waals surface area contributed by atoms with Crippen LogP contribution < -0.4 is 5.73 Å². The highest BCUT2D eigenvalue weighted by atomic mass is 14.6. The van der Waals surface area contributed by atoms with Crippen LogP contribution >= 0.6 is 0 Å². The van der Waals surface area contributed by atoms with Gasteiger partial charge in [-0.25, -0.2) is 0 Å². The lowest BCUT2D eigenvalue weighted by molar-refractivity contribution is 1.27. The molecule has 0 heterocycles. The van der Waals surface area contributed by atoms with Crippen LogP contribution in [0, 0.1) is 22.7 Å². The molecular formula is C44H33N3. The van der Waals surface area contributed by atoms with E-state index in [0.717, 1.165) is 60.5 Å². The Hall–Kier alpha value is -6.42. The average molecular weight is 604 g/mol. The second-order valence-electron chi connectivity index (χ2n) is 11.5. The molecule has 0 bridgehead atoms. The summed E-state index contributed by atoms with van der Waals surface area (Å²) in [5, 5.41) is 22.9.